The summed E-state index contributed by atoms with van der Waals surface area (Å²) in [6, 6.07) is 0. The van der Waals surface area contributed by atoms with E-state index in [1.54, 1.807) is 0 Å². The van der Waals surface area contributed by atoms with Gasteiger partial charge in [-0.3, -0.25) is 0 Å². The summed E-state index contributed by atoms with van der Waals surface area (Å²) in [6.07, 6.45) is 0. The van der Waals surface area contributed by atoms with Crippen molar-refractivity contribution in [2.45, 2.75) is 27.7 Å². The first-order valence-electron chi connectivity index (χ1n) is 4.36. The molecule has 2 heteroatoms. The van der Waals surface area contributed by atoms with E-state index in [9.17, 15) is 4.79 Å². The first kappa shape index (κ1) is 8.30. The van der Waals surface area contributed by atoms with E-state index < -0.39 is 0 Å². The third-order valence-electron chi connectivity index (χ3n) is 2.94. The van der Waals surface area contributed by atoms with Gasteiger partial charge in [0.15, 0.2) is 0 Å². The standard InChI is InChI=1S/C11H12O2/c1-5-7(3)10-9(5)6(2)8(4)11(12)13-10/h1-4H3. The molecular formula is C11H12O2. The predicted molar refractivity (Wildman–Crippen MR) is 51.9 cm³/mol. The molecule has 2 rings (SSSR count). The topological polar surface area (TPSA) is 30.2 Å². The van der Waals surface area contributed by atoms with E-state index in [2.05, 4.69) is 6.92 Å². The highest BCUT2D eigenvalue weighted by Gasteiger charge is 2.16. The van der Waals surface area contributed by atoms with Gasteiger partial charge in [-0.2, -0.15) is 0 Å². The quantitative estimate of drug-likeness (QED) is 0.580. The van der Waals surface area contributed by atoms with Crippen LogP contribution in [-0.4, -0.2) is 0 Å². The minimum absolute atomic E-state index is 0.205. The van der Waals surface area contributed by atoms with Crippen molar-refractivity contribution in [2.24, 2.45) is 0 Å². The van der Waals surface area contributed by atoms with E-state index in [1.165, 1.54) is 5.57 Å². The molecule has 0 unspecified atom stereocenters. The highest BCUT2D eigenvalue weighted by atomic mass is 16.4. The van der Waals surface area contributed by atoms with E-state index >= 15 is 0 Å². The fraction of sp³-hybridized carbons (Fsp3) is 0.364. The van der Waals surface area contributed by atoms with Gasteiger partial charge < -0.3 is 4.42 Å². The van der Waals surface area contributed by atoms with E-state index in [4.69, 9.17) is 4.42 Å². The molecule has 1 heterocycles. The molecule has 1 aliphatic carbocycles. The van der Waals surface area contributed by atoms with Crippen molar-refractivity contribution >= 4 is 11.1 Å². The van der Waals surface area contributed by atoms with Crippen molar-refractivity contribution in [3.63, 3.8) is 0 Å². The van der Waals surface area contributed by atoms with Gasteiger partial charge in [-0.05, 0) is 44.4 Å². The molecule has 0 aliphatic heterocycles. The van der Waals surface area contributed by atoms with Crippen LogP contribution in [0.25, 0.3) is 11.1 Å². The molecule has 1 aromatic heterocycles. The molecule has 1 aliphatic rings. The van der Waals surface area contributed by atoms with Crippen LogP contribution in [0.2, 0.25) is 0 Å². The largest absolute Gasteiger partial charge is 0.422 e. The summed E-state index contributed by atoms with van der Waals surface area (Å²) in [4.78, 5) is 11.3. The second-order valence-electron chi connectivity index (χ2n) is 3.59. The van der Waals surface area contributed by atoms with Crippen LogP contribution in [0.1, 0.15) is 25.0 Å². The van der Waals surface area contributed by atoms with Crippen LogP contribution in [0.15, 0.2) is 9.21 Å². The Balaban J connectivity index is 3.07. The van der Waals surface area contributed by atoms with Crippen molar-refractivity contribution in [3.05, 3.63) is 32.2 Å². The lowest BCUT2D eigenvalue weighted by atomic mass is 9.93. The van der Waals surface area contributed by atoms with Crippen LogP contribution in [0.4, 0.5) is 0 Å². The van der Waals surface area contributed by atoms with E-state index in [0.717, 1.165) is 27.3 Å². The smallest absolute Gasteiger partial charge is 0.339 e. The fourth-order valence-corrected chi connectivity index (χ4v) is 1.74. The van der Waals surface area contributed by atoms with E-state index in [-0.39, 0.29) is 5.63 Å². The maximum atomic E-state index is 11.3. The molecule has 13 heavy (non-hydrogen) atoms. The molecule has 0 amide bonds. The third-order valence-corrected chi connectivity index (χ3v) is 2.94. The minimum atomic E-state index is -0.205. The zero-order valence-corrected chi connectivity index (χ0v) is 8.32. The Labute approximate surface area is 76.2 Å². The molecule has 0 saturated carbocycles. The molecule has 0 aromatic carbocycles. The minimum Gasteiger partial charge on any atom is -0.422 e. The molecule has 68 valence electrons. The van der Waals surface area contributed by atoms with E-state index in [0.29, 0.717) is 0 Å². The number of rotatable bonds is 0. The number of fused-ring (bicyclic) bond motifs is 1. The summed E-state index contributed by atoms with van der Waals surface area (Å²) in [7, 11) is 0. The van der Waals surface area contributed by atoms with Crippen molar-refractivity contribution in [3.8, 4) is 0 Å². The van der Waals surface area contributed by atoms with Gasteiger partial charge in [0.1, 0.15) is 5.42 Å². The average Bonchev–Trinajstić information content (AvgIpc) is 2.13. The highest BCUT2D eigenvalue weighted by molar-refractivity contribution is 5.90. The SMILES string of the molecule is CC1=c2oc(=O)c(C)c(C)c2=C1C. The van der Waals surface area contributed by atoms with Crippen LogP contribution >= 0.6 is 0 Å². The first-order valence-corrected chi connectivity index (χ1v) is 4.36. The van der Waals surface area contributed by atoms with Crippen LogP contribution in [0, 0.1) is 13.8 Å². The first-order chi connectivity index (χ1) is 6.04. The molecule has 1 aromatic rings. The summed E-state index contributed by atoms with van der Waals surface area (Å²) >= 11 is 0. The van der Waals surface area contributed by atoms with Gasteiger partial charge in [0.05, 0.1) is 0 Å². The monoisotopic (exact) mass is 176 g/mol. The lowest BCUT2D eigenvalue weighted by molar-refractivity contribution is 0.460. The summed E-state index contributed by atoms with van der Waals surface area (Å²) < 4.78 is 5.18. The zero-order valence-electron chi connectivity index (χ0n) is 8.32. The average molecular weight is 176 g/mol. The Morgan fingerprint density at radius 1 is 0.923 bits per heavy atom. The van der Waals surface area contributed by atoms with Crippen molar-refractivity contribution in [1.82, 2.24) is 0 Å². The summed E-state index contributed by atoms with van der Waals surface area (Å²) in [5, 5.41) is 1.13. The van der Waals surface area contributed by atoms with Crippen LogP contribution in [-0.2, 0) is 0 Å². The van der Waals surface area contributed by atoms with Gasteiger partial charge in [0.25, 0.3) is 0 Å². The zero-order chi connectivity index (χ0) is 9.75. The van der Waals surface area contributed by atoms with Gasteiger partial charge in [-0.15, -0.1) is 0 Å². The molecule has 0 atom stereocenters. The molecule has 0 N–H and O–H groups in total. The molecule has 0 fully saturated rings. The maximum Gasteiger partial charge on any atom is 0.339 e. The predicted octanol–water partition coefficient (Wildman–Crippen LogP) is 0.611. The van der Waals surface area contributed by atoms with Gasteiger partial charge in [0, 0.05) is 10.8 Å². The normalized spacial score (nSPS) is 14.2. The van der Waals surface area contributed by atoms with Crippen molar-refractivity contribution in [2.75, 3.05) is 0 Å². The van der Waals surface area contributed by atoms with Crippen LogP contribution in [0.5, 0.6) is 0 Å². The molecular weight excluding hydrogens is 164 g/mol. The van der Waals surface area contributed by atoms with Gasteiger partial charge >= 0.3 is 5.63 Å². The fourth-order valence-electron chi connectivity index (χ4n) is 1.74. The Morgan fingerprint density at radius 2 is 1.54 bits per heavy atom. The number of hydrogen-bond acceptors (Lipinski definition) is 2. The Kier molecular flexibility index (Phi) is 1.50. The molecule has 0 spiro atoms. The second kappa shape index (κ2) is 2.34. The van der Waals surface area contributed by atoms with Crippen LogP contribution < -0.4 is 16.3 Å². The Hall–Kier alpha value is -1.31. The Morgan fingerprint density at radius 3 is 2.15 bits per heavy atom. The summed E-state index contributed by atoms with van der Waals surface area (Å²) in [5.41, 5.74) is 4.73. The second-order valence-corrected chi connectivity index (χ2v) is 3.59. The lowest BCUT2D eigenvalue weighted by Crippen LogP contribution is -2.42. The van der Waals surface area contributed by atoms with Crippen molar-refractivity contribution in [1.29, 1.82) is 0 Å². The lowest BCUT2D eigenvalue weighted by Gasteiger charge is -2.14. The Bertz CT molecular complexity index is 559. The molecule has 0 radical (unpaired) electrons. The molecule has 0 bridgehead atoms. The summed E-state index contributed by atoms with van der Waals surface area (Å²) in [5.74, 6) is 0. The van der Waals surface area contributed by atoms with E-state index in [1.807, 2.05) is 20.8 Å². The summed E-state index contributed by atoms with van der Waals surface area (Å²) in [6.45, 7) is 7.82. The van der Waals surface area contributed by atoms with Gasteiger partial charge in [-0.25, -0.2) is 4.79 Å². The molecule has 2 nitrogen and oxygen atoms in total. The van der Waals surface area contributed by atoms with Gasteiger partial charge in [0.2, 0.25) is 0 Å². The highest BCUT2D eigenvalue weighted by Crippen LogP contribution is 2.12. The third kappa shape index (κ3) is 0.857. The van der Waals surface area contributed by atoms with Crippen LogP contribution in [0.3, 0.4) is 0 Å². The maximum absolute atomic E-state index is 11.3. The van der Waals surface area contributed by atoms with Gasteiger partial charge in [-0.1, -0.05) is 0 Å². The van der Waals surface area contributed by atoms with Crippen molar-refractivity contribution < 1.29 is 4.42 Å². The molecule has 0 saturated heterocycles. The number of hydrogen-bond donors (Lipinski definition) is 0.